The average Bonchev–Trinajstić information content (AvgIpc) is 2.73. The van der Waals surface area contributed by atoms with E-state index in [2.05, 4.69) is 10.7 Å². The van der Waals surface area contributed by atoms with Crippen LogP contribution in [0.2, 0.25) is 5.02 Å². The molecule has 0 radical (unpaired) electrons. The number of nitrogens with two attached hydrogens (primary N) is 1. The van der Waals surface area contributed by atoms with Crippen LogP contribution in [0.1, 0.15) is 27.6 Å². The molecular weight excluding hydrogens is 387 g/mol. The van der Waals surface area contributed by atoms with Crippen molar-refractivity contribution in [3.05, 3.63) is 70.0 Å². The highest BCUT2D eigenvalue weighted by Crippen LogP contribution is 2.26. The van der Waals surface area contributed by atoms with Crippen molar-refractivity contribution in [2.45, 2.75) is 12.6 Å². The van der Waals surface area contributed by atoms with Gasteiger partial charge in [-0.3, -0.25) is 10.2 Å². The molecule has 0 spiro atoms. The normalized spacial score (nSPS) is 16.5. The summed E-state index contributed by atoms with van der Waals surface area (Å²) in [5.74, 6) is 4.22. The van der Waals surface area contributed by atoms with Crippen molar-refractivity contribution >= 4 is 23.5 Å². The molecule has 1 unspecified atom stereocenters. The van der Waals surface area contributed by atoms with Crippen molar-refractivity contribution in [3.8, 4) is 0 Å². The van der Waals surface area contributed by atoms with E-state index in [0.29, 0.717) is 31.8 Å². The molecule has 3 rings (SSSR count). The molecule has 3 amide bonds. The van der Waals surface area contributed by atoms with E-state index in [4.69, 9.17) is 22.2 Å². The van der Waals surface area contributed by atoms with Gasteiger partial charge in [-0.15, -0.1) is 0 Å². The Labute approximate surface area is 166 Å². The molecule has 0 bridgehead atoms. The minimum atomic E-state index is -0.495. The van der Waals surface area contributed by atoms with Crippen molar-refractivity contribution in [1.82, 2.24) is 15.6 Å². The summed E-state index contributed by atoms with van der Waals surface area (Å²) in [6.07, 6.45) is -0.369. The molecule has 2 aromatic carbocycles. The lowest BCUT2D eigenvalue weighted by Gasteiger charge is -2.33. The number of rotatable bonds is 4. The fourth-order valence-corrected chi connectivity index (χ4v) is 3.08. The topological polar surface area (TPSA) is 96.7 Å². The summed E-state index contributed by atoms with van der Waals surface area (Å²) in [6.45, 7) is 1.47. The van der Waals surface area contributed by atoms with Gasteiger partial charge in [0.05, 0.1) is 18.2 Å². The molecule has 0 aromatic heterocycles. The van der Waals surface area contributed by atoms with E-state index in [1.807, 2.05) is 0 Å². The lowest BCUT2D eigenvalue weighted by Crippen LogP contribution is -2.46. The Morgan fingerprint density at radius 1 is 1.25 bits per heavy atom. The maximum Gasteiger partial charge on any atom is 0.317 e. The fraction of sp³-hybridized carbons (Fsp3) is 0.263. The Bertz CT molecular complexity index is 863. The first-order valence-electron chi connectivity index (χ1n) is 8.67. The highest BCUT2D eigenvalue weighted by Gasteiger charge is 2.25. The van der Waals surface area contributed by atoms with E-state index in [-0.39, 0.29) is 23.1 Å². The highest BCUT2D eigenvalue weighted by molar-refractivity contribution is 6.30. The molecule has 9 heteroatoms. The second kappa shape index (κ2) is 9.01. The Balaban J connectivity index is 1.56. The molecule has 1 aliphatic heterocycles. The number of carbonyl (C=O) groups excluding carboxylic acids is 2. The predicted molar refractivity (Wildman–Crippen MR) is 102 cm³/mol. The van der Waals surface area contributed by atoms with Crippen LogP contribution >= 0.6 is 11.6 Å². The number of urea groups is 1. The van der Waals surface area contributed by atoms with Gasteiger partial charge >= 0.3 is 6.03 Å². The summed E-state index contributed by atoms with van der Waals surface area (Å²) in [5, 5.41) is 2.87. The molecule has 1 atom stereocenters. The number of hydrogen-bond donors (Lipinski definition) is 3. The number of ether oxygens (including phenoxy) is 1. The summed E-state index contributed by atoms with van der Waals surface area (Å²) in [4.78, 5) is 25.6. The third kappa shape index (κ3) is 4.78. The Hall–Kier alpha value is -2.68. The van der Waals surface area contributed by atoms with Crippen LogP contribution < -0.4 is 16.6 Å². The van der Waals surface area contributed by atoms with Gasteiger partial charge in [-0.2, -0.15) is 0 Å². The van der Waals surface area contributed by atoms with Crippen LogP contribution in [0.15, 0.2) is 42.5 Å². The van der Waals surface area contributed by atoms with E-state index in [1.165, 1.54) is 12.1 Å². The molecule has 1 saturated heterocycles. The number of hydrazine groups is 1. The first-order chi connectivity index (χ1) is 13.5. The van der Waals surface area contributed by atoms with Crippen LogP contribution in [-0.4, -0.2) is 36.5 Å². The van der Waals surface area contributed by atoms with Crippen molar-refractivity contribution in [2.75, 3.05) is 19.7 Å². The average molecular weight is 407 g/mol. The van der Waals surface area contributed by atoms with Gasteiger partial charge in [-0.25, -0.2) is 15.0 Å². The third-order valence-corrected chi connectivity index (χ3v) is 4.75. The minimum absolute atomic E-state index is 0.0226. The number of hydrogen-bond acceptors (Lipinski definition) is 4. The van der Waals surface area contributed by atoms with E-state index >= 15 is 0 Å². The number of benzene rings is 2. The molecule has 2 aromatic rings. The van der Waals surface area contributed by atoms with Gasteiger partial charge in [0, 0.05) is 18.7 Å². The maximum atomic E-state index is 13.3. The first kappa shape index (κ1) is 20.1. The Morgan fingerprint density at radius 2 is 2.00 bits per heavy atom. The van der Waals surface area contributed by atoms with Gasteiger partial charge in [-0.1, -0.05) is 29.8 Å². The zero-order valence-corrected chi connectivity index (χ0v) is 15.7. The molecule has 0 aliphatic carbocycles. The number of carbonyl (C=O) groups is 2. The lowest BCUT2D eigenvalue weighted by molar-refractivity contribution is -0.0155. The number of nitrogen functional groups attached to an aromatic ring is 1. The van der Waals surface area contributed by atoms with Gasteiger partial charge in [-0.05, 0) is 35.4 Å². The predicted octanol–water partition coefficient (Wildman–Crippen LogP) is 2.37. The van der Waals surface area contributed by atoms with E-state index < -0.39 is 5.82 Å². The van der Waals surface area contributed by atoms with Gasteiger partial charge in [0.15, 0.2) is 0 Å². The van der Waals surface area contributed by atoms with E-state index in [1.54, 1.807) is 35.2 Å². The number of morpholine rings is 1. The molecule has 0 saturated carbocycles. The summed E-state index contributed by atoms with van der Waals surface area (Å²) < 4.78 is 19.0. The SMILES string of the molecule is NNC(=O)c1ccc(CNC(=O)N2CCOC(c3ccc(F)c(Cl)c3)C2)cc1. The highest BCUT2D eigenvalue weighted by atomic mass is 35.5. The Kier molecular flexibility index (Phi) is 6.45. The molecule has 28 heavy (non-hydrogen) atoms. The van der Waals surface area contributed by atoms with Crippen LogP contribution in [0.25, 0.3) is 0 Å². The van der Waals surface area contributed by atoms with Gasteiger partial charge < -0.3 is 15.0 Å². The molecule has 1 aliphatic rings. The second-order valence-corrected chi connectivity index (χ2v) is 6.72. The summed E-state index contributed by atoms with van der Waals surface area (Å²) in [7, 11) is 0. The van der Waals surface area contributed by atoms with Crippen molar-refractivity contribution in [1.29, 1.82) is 0 Å². The summed E-state index contributed by atoms with van der Waals surface area (Å²) in [6, 6.07) is 10.9. The smallest absolute Gasteiger partial charge is 0.317 e. The van der Waals surface area contributed by atoms with Crippen LogP contribution in [0.4, 0.5) is 9.18 Å². The summed E-state index contributed by atoms with van der Waals surface area (Å²) in [5.41, 5.74) is 4.06. The van der Waals surface area contributed by atoms with Gasteiger partial charge in [0.2, 0.25) is 0 Å². The monoisotopic (exact) mass is 406 g/mol. The largest absolute Gasteiger partial charge is 0.370 e. The molecule has 7 nitrogen and oxygen atoms in total. The number of amides is 3. The first-order valence-corrected chi connectivity index (χ1v) is 9.05. The standard InChI is InChI=1S/C19H20ClFN4O3/c20-15-9-14(5-6-16(15)21)17-11-25(7-8-28-17)19(27)23-10-12-1-3-13(4-2-12)18(26)24-22/h1-6,9,17H,7-8,10-11,22H2,(H,23,27)(H,24,26). The summed E-state index contributed by atoms with van der Waals surface area (Å²) >= 11 is 5.83. The van der Waals surface area contributed by atoms with Crippen molar-refractivity contribution in [2.24, 2.45) is 5.84 Å². The lowest BCUT2D eigenvalue weighted by atomic mass is 10.1. The van der Waals surface area contributed by atoms with Crippen LogP contribution in [0, 0.1) is 5.82 Å². The quantitative estimate of drug-likeness (QED) is 0.412. The van der Waals surface area contributed by atoms with Crippen LogP contribution in [-0.2, 0) is 11.3 Å². The van der Waals surface area contributed by atoms with Crippen molar-refractivity contribution < 1.29 is 18.7 Å². The third-order valence-electron chi connectivity index (χ3n) is 4.46. The van der Waals surface area contributed by atoms with E-state index in [0.717, 1.165) is 11.1 Å². The Morgan fingerprint density at radius 3 is 2.68 bits per heavy atom. The zero-order chi connectivity index (χ0) is 20.1. The number of nitrogens with one attached hydrogen (secondary N) is 2. The molecular formula is C19H20ClFN4O3. The molecule has 148 valence electrons. The van der Waals surface area contributed by atoms with Crippen LogP contribution in [0.5, 0.6) is 0 Å². The van der Waals surface area contributed by atoms with E-state index in [9.17, 15) is 14.0 Å². The fourth-order valence-electron chi connectivity index (χ4n) is 2.89. The minimum Gasteiger partial charge on any atom is -0.370 e. The molecule has 1 heterocycles. The zero-order valence-electron chi connectivity index (χ0n) is 15.0. The molecule has 4 N–H and O–H groups in total. The number of nitrogens with zero attached hydrogens (tertiary/aromatic N) is 1. The number of halogens is 2. The second-order valence-electron chi connectivity index (χ2n) is 6.31. The van der Waals surface area contributed by atoms with Crippen LogP contribution in [0.3, 0.4) is 0 Å². The van der Waals surface area contributed by atoms with Gasteiger partial charge in [0.1, 0.15) is 11.9 Å². The molecule has 1 fully saturated rings. The van der Waals surface area contributed by atoms with Crippen molar-refractivity contribution in [3.63, 3.8) is 0 Å². The maximum absolute atomic E-state index is 13.3. The van der Waals surface area contributed by atoms with Gasteiger partial charge in [0.25, 0.3) is 5.91 Å².